The van der Waals surface area contributed by atoms with E-state index >= 15 is 0 Å². The first-order chi connectivity index (χ1) is 12.2. The van der Waals surface area contributed by atoms with Crippen LogP contribution >= 0.6 is 0 Å². The number of carboxylic acid groups (broad SMARTS) is 1. The molecule has 0 bridgehead atoms. The number of ether oxygens (including phenoxy) is 1. The Labute approximate surface area is 152 Å². The fourth-order valence-corrected chi connectivity index (χ4v) is 2.68. The number of morpholine rings is 1. The first kappa shape index (κ1) is 19.7. The van der Waals surface area contributed by atoms with Gasteiger partial charge in [0.2, 0.25) is 0 Å². The highest BCUT2D eigenvalue weighted by molar-refractivity contribution is 5.91. The number of carbonyl (C=O) groups is 3. The molecule has 0 aromatic heterocycles. The monoisotopic (exact) mass is 363 g/mol. The molecule has 8 nitrogen and oxygen atoms in total. The van der Waals surface area contributed by atoms with Crippen LogP contribution in [0.25, 0.3) is 0 Å². The van der Waals surface area contributed by atoms with Gasteiger partial charge in [-0.1, -0.05) is 30.3 Å². The molecule has 1 fully saturated rings. The van der Waals surface area contributed by atoms with Crippen molar-refractivity contribution in [3.05, 3.63) is 35.9 Å². The minimum absolute atomic E-state index is 0.0726. The Hall–Kier alpha value is -2.61. The van der Waals surface area contributed by atoms with Gasteiger partial charge in [0.25, 0.3) is 5.91 Å². The van der Waals surface area contributed by atoms with Crippen LogP contribution in [0.4, 0.5) is 4.79 Å². The number of nitrogens with zero attached hydrogens (tertiary/aromatic N) is 1. The van der Waals surface area contributed by atoms with E-state index in [0.717, 1.165) is 0 Å². The summed E-state index contributed by atoms with van der Waals surface area (Å²) in [6.07, 6.45) is 0. The average Bonchev–Trinajstić information content (AvgIpc) is 2.58. The molecule has 0 radical (unpaired) electrons. The van der Waals surface area contributed by atoms with Crippen molar-refractivity contribution < 1.29 is 24.2 Å². The third-order valence-electron chi connectivity index (χ3n) is 3.84. The van der Waals surface area contributed by atoms with Gasteiger partial charge >= 0.3 is 12.0 Å². The summed E-state index contributed by atoms with van der Waals surface area (Å²) in [5.41, 5.74) is 0.105. The molecular formula is C18H25N3O5. The van der Waals surface area contributed by atoms with E-state index < -0.39 is 35.5 Å². The summed E-state index contributed by atoms with van der Waals surface area (Å²) in [5.74, 6) is -1.61. The Morgan fingerprint density at radius 2 is 1.88 bits per heavy atom. The molecule has 26 heavy (non-hydrogen) atoms. The Bertz CT molecular complexity index is 657. The molecule has 2 rings (SSSR count). The largest absolute Gasteiger partial charge is 0.480 e. The maximum absolute atomic E-state index is 13.1. The van der Waals surface area contributed by atoms with Gasteiger partial charge in [0, 0.05) is 12.1 Å². The predicted molar refractivity (Wildman–Crippen MR) is 94.6 cm³/mol. The summed E-state index contributed by atoms with van der Waals surface area (Å²) < 4.78 is 5.18. The van der Waals surface area contributed by atoms with Crippen LogP contribution in [0.3, 0.4) is 0 Å². The van der Waals surface area contributed by atoms with E-state index in [2.05, 4.69) is 10.6 Å². The van der Waals surface area contributed by atoms with Gasteiger partial charge < -0.3 is 25.4 Å². The highest BCUT2D eigenvalue weighted by atomic mass is 16.5. The molecule has 1 saturated heterocycles. The van der Waals surface area contributed by atoms with E-state index in [1.165, 1.54) is 4.90 Å². The normalized spacial score (nSPS) is 18.7. The van der Waals surface area contributed by atoms with Crippen molar-refractivity contribution in [3.63, 3.8) is 0 Å². The first-order valence-corrected chi connectivity index (χ1v) is 8.43. The first-order valence-electron chi connectivity index (χ1n) is 8.43. The predicted octanol–water partition coefficient (Wildman–Crippen LogP) is 1.14. The molecule has 3 N–H and O–H groups in total. The Kier molecular flexibility index (Phi) is 6.20. The smallest absolute Gasteiger partial charge is 0.328 e. The standard InChI is InChI=1S/C18H25N3O5/c1-18(2,3)20-17(25)19-14(12-7-5-4-6-8-12)15(22)21-9-10-26-11-13(21)16(23)24/h4-8,13-14H,9-11H2,1-3H3,(H,23,24)(H2,19,20,25). The van der Waals surface area contributed by atoms with Crippen molar-refractivity contribution >= 4 is 17.9 Å². The van der Waals surface area contributed by atoms with Crippen LogP contribution in [0.1, 0.15) is 32.4 Å². The van der Waals surface area contributed by atoms with E-state index in [0.29, 0.717) is 5.56 Å². The third kappa shape index (κ3) is 5.19. The van der Waals surface area contributed by atoms with Gasteiger partial charge in [-0.15, -0.1) is 0 Å². The van der Waals surface area contributed by atoms with Gasteiger partial charge in [0.05, 0.1) is 13.2 Å². The maximum atomic E-state index is 13.1. The molecule has 1 aliphatic rings. The van der Waals surface area contributed by atoms with Crippen LogP contribution in [0.2, 0.25) is 0 Å². The van der Waals surface area contributed by atoms with Crippen LogP contribution < -0.4 is 10.6 Å². The fraction of sp³-hybridized carbons (Fsp3) is 0.500. The minimum Gasteiger partial charge on any atom is -0.480 e. The number of urea groups is 1. The lowest BCUT2D eigenvalue weighted by Crippen LogP contribution is -2.57. The highest BCUT2D eigenvalue weighted by Gasteiger charge is 2.37. The lowest BCUT2D eigenvalue weighted by Gasteiger charge is -2.35. The Balaban J connectivity index is 2.26. The topological polar surface area (TPSA) is 108 Å². The fourth-order valence-electron chi connectivity index (χ4n) is 2.68. The van der Waals surface area contributed by atoms with Crippen molar-refractivity contribution in [2.45, 2.75) is 38.4 Å². The van der Waals surface area contributed by atoms with E-state index in [-0.39, 0.29) is 19.8 Å². The lowest BCUT2D eigenvalue weighted by atomic mass is 10.0. The molecule has 0 aliphatic carbocycles. The number of aliphatic carboxylic acids is 1. The summed E-state index contributed by atoms with van der Waals surface area (Å²) >= 11 is 0. The maximum Gasteiger partial charge on any atom is 0.328 e. The number of carboxylic acids is 1. The zero-order valence-corrected chi connectivity index (χ0v) is 15.2. The number of hydrogen-bond acceptors (Lipinski definition) is 4. The zero-order valence-electron chi connectivity index (χ0n) is 15.2. The van der Waals surface area contributed by atoms with E-state index in [1.54, 1.807) is 30.3 Å². The molecule has 0 spiro atoms. The Morgan fingerprint density at radius 1 is 1.23 bits per heavy atom. The SMILES string of the molecule is CC(C)(C)NC(=O)NC(C(=O)N1CCOCC1C(=O)O)c1ccccc1. The summed E-state index contributed by atoms with van der Waals surface area (Å²) in [6, 6.07) is 6.19. The van der Waals surface area contributed by atoms with Crippen LogP contribution in [0.5, 0.6) is 0 Å². The van der Waals surface area contributed by atoms with E-state index in [4.69, 9.17) is 4.74 Å². The van der Waals surface area contributed by atoms with Gasteiger partial charge in [-0.25, -0.2) is 9.59 Å². The van der Waals surface area contributed by atoms with Gasteiger partial charge in [-0.2, -0.15) is 0 Å². The molecule has 1 aliphatic heterocycles. The highest BCUT2D eigenvalue weighted by Crippen LogP contribution is 2.19. The van der Waals surface area contributed by atoms with E-state index in [1.807, 2.05) is 20.8 Å². The second kappa shape index (κ2) is 8.18. The molecule has 1 aromatic carbocycles. The van der Waals surface area contributed by atoms with Crippen LogP contribution in [0.15, 0.2) is 30.3 Å². The second-order valence-corrected chi connectivity index (χ2v) is 7.15. The molecule has 1 heterocycles. The quantitative estimate of drug-likeness (QED) is 0.743. The van der Waals surface area contributed by atoms with Gasteiger partial charge in [-0.3, -0.25) is 4.79 Å². The van der Waals surface area contributed by atoms with Crippen molar-refractivity contribution in [1.82, 2.24) is 15.5 Å². The molecule has 142 valence electrons. The van der Waals surface area contributed by atoms with Crippen molar-refractivity contribution in [2.75, 3.05) is 19.8 Å². The summed E-state index contributed by atoms with van der Waals surface area (Å²) in [4.78, 5) is 38.1. The van der Waals surface area contributed by atoms with Crippen molar-refractivity contribution in [1.29, 1.82) is 0 Å². The van der Waals surface area contributed by atoms with Crippen molar-refractivity contribution in [3.8, 4) is 0 Å². The lowest BCUT2D eigenvalue weighted by molar-refractivity contribution is -0.159. The average molecular weight is 363 g/mol. The van der Waals surface area contributed by atoms with Gasteiger partial charge in [0.1, 0.15) is 6.04 Å². The number of amides is 3. The summed E-state index contributed by atoms with van der Waals surface area (Å²) in [6.45, 7) is 5.82. The summed E-state index contributed by atoms with van der Waals surface area (Å²) in [5, 5.41) is 14.8. The number of hydrogen-bond donors (Lipinski definition) is 3. The number of benzene rings is 1. The van der Waals surface area contributed by atoms with Gasteiger partial charge in [-0.05, 0) is 26.3 Å². The molecule has 2 atom stereocenters. The number of carbonyl (C=O) groups excluding carboxylic acids is 2. The zero-order chi connectivity index (χ0) is 19.3. The molecular weight excluding hydrogens is 338 g/mol. The van der Waals surface area contributed by atoms with Crippen LogP contribution in [-0.4, -0.2) is 59.3 Å². The number of rotatable bonds is 4. The molecule has 2 unspecified atom stereocenters. The summed E-state index contributed by atoms with van der Waals surface area (Å²) in [7, 11) is 0. The third-order valence-corrected chi connectivity index (χ3v) is 3.84. The van der Waals surface area contributed by atoms with Crippen LogP contribution in [0, 0.1) is 0 Å². The van der Waals surface area contributed by atoms with E-state index in [9.17, 15) is 19.5 Å². The molecule has 0 saturated carbocycles. The minimum atomic E-state index is -1.14. The second-order valence-electron chi connectivity index (χ2n) is 7.15. The number of nitrogens with one attached hydrogen (secondary N) is 2. The molecule has 1 aromatic rings. The van der Waals surface area contributed by atoms with Gasteiger partial charge in [0.15, 0.2) is 6.04 Å². The molecule has 3 amide bonds. The van der Waals surface area contributed by atoms with Crippen molar-refractivity contribution in [2.24, 2.45) is 0 Å². The Morgan fingerprint density at radius 3 is 2.46 bits per heavy atom. The van der Waals surface area contributed by atoms with Crippen LogP contribution in [-0.2, 0) is 14.3 Å². The molecule has 8 heteroatoms.